The average molecular weight is 357 g/mol. The van der Waals surface area contributed by atoms with E-state index < -0.39 is 5.97 Å². The van der Waals surface area contributed by atoms with Crippen LogP contribution in [0.2, 0.25) is 0 Å². The molecule has 0 aliphatic heterocycles. The van der Waals surface area contributed by atoms with Crippen LogP contribution in [0.3, 0.4) is 0 Å². The van der Waals surface area contributed by atoms with Gasteiger partial charge in [-0.05, 0) is 49.2 Å². The molecular weight excluding hydrogens is 334 g/mol. The maximum atomic E-state index is 12.3. The Morgan fingerprint density at radius 3 is 2.35 bits per heavy atom. The number of aromatic carboxylic acids is 1. The molecule has 2 N–H and O–H groups in total. The minimum absolute atomic E-state index is 0.0929. The Morgan fingerprint density at radius 1 is 1.08 bits per heavy atom. The largest absolute Gasteiger partial charge is 0.497 e. The number of nitrogens with one attached hydrogen (secondary N) is 1. The summed E-state index contributed by atoms with van der Waals surface area (Å²) >= 11 is 0. The number of carbonyl (C=O) groups excluding carboxylic acids is 1. The van der Waals surface area contributed by atoms with Crippen molar-refractivity contribution in [1.29, 1.82) is 0 Å². The summed E-state index contributed by atoms with van der Waals surface area (Å²) in [7, 11) is 3.17. The highest BCUT2D eigenvalue weighted by Crippen LogP contribution is 2.29. The van der Waals surface area contributed by atoms with E-state index in [9.17, 15) is 9.59 Å². The Labute approximate surface area is 152 Å². The number of carbonyl (C=O) groups is 2. The molecular formula is C20H23NO5. The van der Waals surface area contributed by atoms with Crippen LogP contribution < -0.4 is 14.8 Å². The highest BCUT2D eigenvalue weighted by atomic mass is 16.5. The van der Waals surface area contributed by atoms with E-state index in [0.717, 1.165) is 11.1 Å². The van der Waals surface area contributed by atoms with Gasteiger partial charge in [0.2, 0.25) is 5.91 Å². The molecule has 0 aliphatic rings. The zero-order valence-corrected chi connectivity index (χ0v) is 15.1. The zero-order chi connectivity index (χ0) is 19.1. The maximum absolute atomic E-state index is 12.3. The number of hydrogen-bond acceptors (Lipinski definition) is 4. The SMILES string of the molecule is COc1ccc(OC)c(C(C)NC(=O)CCc2ccc(C(=O)O)cc2)c1. The van der Waals surface area contributed by atoms with Gasteiger partial charge in [-0.15, -0.1) is 0 Å². The second-order valence-corrected chi connectivity index (χ2v) is 5.90. The predicted molar refractivity (Wildman–Crippen MR) is 97.8 cm³/mol. The van der Waals surface area contributed by atoms with Crippen LogP contribution in [0.25, 0.3) is 0 Å². The van der Waals surface area contributed by atoms with Crippen molar-refractivity contribution in [3.05, 3.63) is 59.2 Å². The third-order valence-corrected chi connectivity index (χ3v) is 4.12. The van der Waals surface area contributed by atoms with Crippen molar-refractivity contribution in [2.45, 2.75) is 25.8 Å². The van der Waals surface area contributed by atoms with Crippen molar-refractivity contribution < 1.29 is 24.2 Å². The lowest BCUT2D eigenvalue weighted by Gasteiger charge is -2.18. The first-order valence-electron chi connectivity index (χ1n) is 8.28. The standard InChI is InChI=1S/C20H23NO5/c1-13(17-12-16(25-2)9-10-18(17)26-3)21-19(22)11-6-14-4-7-15(8-5-14)20(23)24/h4-5,7-10,12-13H,6,11H2,1-3H3,(H,21,22)(H,23,24). The van der Waals surface area contributed by atoms with Crippen molar-refractivity contribution >= 4 is 11.9 Å². The van der Waals surface area contributed by atoms with Crippen LogP contribution in [0, 0.1) is 0 Å². The summed E-state index contributed by atoms with van der Waals surface area (Å²) < 4.78 is 10.6. The van der Waals surface area contributed by atoms with Crippen molar-refractivity contribution in [2.24, 2.45) is 0 Å². The Morgan fingerprint density at radius 2 is 1.77 bits per heavy atom. The lowest BCUT2D eigenvalue weighted by atomic mass is 10.0. The summed E-state index contributed by atoms with van der Waals surface area (Å²) in [5.41, 5.74) is 1.99. The Balaban J connectivity index is 1.95. The van der Waals surface area contributed by atoms with Gasteiger partial charge in [0.1, 0.15) is 11.5 Å². The quantitative estimate of drug-likeness (QED) is 0.758. The number of hydrogen-bond donors (Lipinski definition) is 2. The Hall–Kier alpha value is -3.02. The Bertz CT molecular complexity index is 770. The number of benzene rings is 2. The zero-order valence-electron chi connectivity index (χ0n) is 15.1. The van der Waals surface area contributed by atoms with Gasteiger partial charge in [0, 0.05) is 12.0 Å². The fourth-order valence-electron chi connectivity index (χ4n) is 2.64. The van der Waals surface area contributed by atoms with E-state index in [1.165, 1.54) is 0 Å². The van der Waals surface area contributed by atoms with Crippen molar-refractivity contribution in [3.63, 3.8) is 0 Å². The molecule has 1 atom stereocenters. The normalized spacial score (nSPS) is 11.5. The molecule has 1 unspecified atom stereocenters. The van der Waals surface area contributed by atoms with Crippen molar-refractivity contribution in [3.8, 4) is 11.5 Å². The summed E-state index contributed by atoms with van der Waals surface area (Å²) in [5, 5.41) is 11.9. The molecule has 2 rings (SSSR count). The van der Waals surface area contributed by atoms with Crippen LogP contribution in [0.1, 0.15) is 40.9 Å². The molecule has 2 aromatic carbocycles. The number of aryl methyl sites for hydroxylation is 1. The van der Waals surface area contributed by atoms with Crippen LogP contribution in [0.4, 0.5) is 0 Å². The summed E-state index contributed by atoms with van der Waals surface area (Å²) in [5.74, 6) is 0.323. The summed E-state index contributed by atoms with van der Waals surface area (Å²) in [4.78, 5) is 23.1. The monoisotopic (exact) mass is 357 g/mol. The summed E-state index contributed by atoms with van der Waals surface area (Å²) in [6.07, 6.45) is 0.844. The second-order valence-electron chi connectivity index (χ2n) is 5.90. The van der Waals surface area contributed by atoms with Crippen LogP contribution >= 0.6 is 0 Å². The molecule has 6 nitrogen and oxygen atoms in total. The smallest absolute Gasteiger partial charge is 0.335 e. The van der Waals surface area contributed by atoms with Gasteiger partial charge in [-0.3, -0.25) is 4.79 Å². The van der Waals surface area contributed by atoms with Crippen LogP contribution in [-0.2, 0) is 11.2 Å². The molecule has 6 heteroatoms. The minimum atomic E-state index is -0.963. The molecule has 2 aromatic rings. The number of rotatable bonds is 8. The van der Waals surface area contributed by atoms with Crippen LogP contribution in [-0.4, -0.2) is 31.2 Å². The van der Waals surface area contributed by atoms with E-state index in [1.54, 1.807) is 50.6 Å². The third kappa shape index (κ3) is 4.99. The Kier molecular flexibility index (Phi) is 6.60. The van der Waals surface area contributed by atoms with Gasteiger partial charge in [-0.2, -0.15) is 0 Å². The molecule has 0 fully saturated rings. The lowest BCUT2D eigenvalue weighted by molar-refractivity contribution is -0.121. The van der Waals surface area contributed by atoms with Gasteiger partial charge in [-0.1, -0.05) is 12.1 Å². The first-order chi connectivity index (χ1) is 12.4. The molecule has 1 amide bonds. The molecule has 26 heavy (non-hydrogen) atoms. The number of carboxylic acids is 1. The van der Waals surface area contributed by atoms with Gasteiger partial charge < -0.3 is 19.9 Å². The molecule has 0 bridgehead atoms. The van der Waals surface area contributed by atoms with E-state index >= 15 is 0 Å². The maximum Gasteiger partial charge on any atom is 0.335 e. The number of ether oxygens (including phenoxy) is 2. The van der Waals surface area contributed by atoms with E-state index in [-0.39, 0.29) is 17.5 Å². The minimum Gasteiger partial charge on any atom is -0.497 e. The molecule has 0 heterocycles. The van der Waals surface area contributed by atoms with Crippen molar-refractivity contribution in [1.82, 2.24) is 5.32 Å². The molecule has 0 spiro atoms. The molecule has 0 aliphatic carbocycles. The van der Waals surface area contributed by atoms with Gasteiger partial charge in [0.05, 0.1) is 25.8 Å². The lowest BCUT2D eigenvalue weighted by Crippen LogP contribution is -2.27. The molecule has 0 radical (unpaired) electrons. The van der Waals surface area contributed by atoms with Gasteiger partial charge >= 0.3 is 5.97 Å². The fraction of sp³-hybridized carbons (Fsp3) is 0.300. The number of amides is 1. The first kappa shape index (κ1) is 19.3. The number of carboxylic acid groups (broad SMARTS) is 1. The average Bonchev–Trinajstić information content (AvgIpc) is 2.66. The summed E-state index contributed by atoms with van der Waals surface area (Å²) in [6.45, 7) is 1.89. The highest BCUT2D eigenvalue weighted by Gasteiger charge is 2.15. The van der Waals surface area contributed by atoms with E-state index in [1.807, 2.05) is 13.0 Å². The van der Waals surface area contributed by atoms with Crippen LogP contribution in [0.5, 0.6) is 11.5 Å². The third-order valence-electron chi connectivity index (χ3n) is 4.12. The topological polar surface area (TPSA) is 84.9 Å². The fourth-order valence-corrected chi connectivity index (χ4v) is 2.64. The van der Waals surface area contributed by atoms with Gasteiger partial charge in [0.15, 0.2) is 0 Å². The van der Waals surface area contributed by atoms with E-state index in [2.05, 4.69) is 5.32 Å². The first-order valence-corrected chi connectivity index (χ1v) is 8.28. The second kappa shape index (κ2) is 8.89. The predicted octanol–water partition coefficient (Wildman–Crippen LogP) is 3.21. The number of methoxy groups -OCH3 is 2. The van der Waals surface area contributed by atoms with Gasteiger partial charge in [0.25, 0.3) is 0 Å². The molecule has 0 aromatic heterocycles. The van der Waals surface area contributed by atoms with Crippen LogP contribution in [0.15, 0.2) is 42.5 Å². The molecule has 0 saturated carbocycles. The summed E-state index contributed by atoms with van der Waals surface area (Å²) in [6, 6.07) is 11.8. The molecule has 138 valence electrons. The molecule has 0 saturated heterocycles. The van der Waals surface area contributed by atoms with Crippen molar-refractivity contribution in [2.75, 3.05) is 14.2 Å². The van der Waals surface area contributed by atoms with E-state index in [4.69, 9.17) is 14.6 Å². The van der Waals surface area contributed by atoms with E-state index in [0.29, 0.717) is 24.3 Å². The highest BCUT2D eigenvalue weighted by molar-refractivity contribution is 5.87. The van der Waals surface area contributed by atoms with Gasteiger partial charge in [-0.25, -0.2) is 4.79 Å².